The Morgan fingerprint density at radius 2 is 2.40 bits per heavy atom. The summed E-state index contributed by atoms with van der Waals surface area (Å²) >= 11 is 0. The van der Waals surface area contributed by atoms with Gasteiger partial charge in [0.1, 0.15) is 12.7 Å². The van der Waals surface area contributed by atoms with Crippen LogP contribution in [0.2, 0.25) is 0 Å². The van der Waals surface area contributed by atoms with Crippen LogP contribution in [0.5, 0.6) is 0 Å². The van der Waals surface area contributed by atoms with Crippen molar-refractivity contribution in [2.45, 2.75) is 51.7 Å². The molecule has 3 rings (SSSR count). The van der Waals surface area contributed by atoms with Crippen LogP contribution in [0.4, 0.5) is 0 Å². The smallest absolute Gasteiger partial charge is 0.226 e. The van der Waals surface area contributed by atoms with E-state index < -0.39 is 0 Å². The molecular formula is C13H20N6O. The first kappa shape index (κ1) is 13.2. The van der Waals surface area contributed by atoms with E-state index in [1.54, 1.807) is 12.7 Å². The molecule has 1 aliphatic rings. The van der Waals surface area contributed by atoms with Gasteiger partial charge >= 0.3 is 0 Å². The Morgan fingerprint density at radius 3 is 3.20 bits per heavy atom. The molecule has 0 amide bonds. The Bertz CT molecular complexity index is 523. The number of aryl methyl sites for hydroxylation is 1. The van der Waals surface area contributed by atoms with E-state index in [2.05, 4.69) is 32.0 Å². The molecule has 1 saturated heterocycles. The molecule has 7 nitrogen and oxygen atoms in total. The summed E-state index contributed by atoms with van der Waals surface area (Å²) < 4.78 is 7.13. The lowest BCUT2D eigenvalue weighted by molar-refractivity contribution is 0.211. The summed E-state index contributed by atoms with van der Waals surface area (Å²) in [5.41, 5.74) is 0. The normalized spacial score (nSPS) is 19.8. The van der Waals surface area contributed by atoms with Crippen LogP contribution in [-0.2, 0) is 19.5 Å². The lowest BCUT2D eigenvalue weighted by Crippen LogP contribution is -2.33. The topological polar surface area (TPSA) is 72.9 Å². The molecule has 2 aromatic heterocycles. The third-order valence-corrected chi connectivity index (χ3v) is 3.68. The Labute approximate surface area is 118 Å². The fraction of sp³-hybridized carbons (Fsp3) is 0.692. The van der Waals surface area contributed by atoms with Gasteiger partial charge in [0.05, 0.1) is 13.1 Å². The second kappa shape index (κ2) is 6.13. The van der Waals surface area contributed by atoms with E-state index >= 15 is 0 Å². The van der Waals surface area contributed by atoms with E-state index in [1.165, 1.54) is 12.8 Å². The van der Waals surface area contributed by atoms with Gasteiger partial charge in [-0.25, -0.2) is 4.98 Å². The van der Waals surface area contributed by atoms with Gasteiger partial charge in [-0.05, 0) is 25.8 Å². The van der Waals surface area contributed by atoms with Crippen molar-refractivity contribution in [3.8, 4) is 0 Å². The first-order chi connectivity index (χ1) is 9.85. The zero-order valence-electron chi connectivity index (χ0n) is 11.8. The molecule has 7 heteroatoms. The molecule has 1 atom stereocenters. The van der Waals surface area contributed by atoms with Crippen molar-refractivity contribution in [2.24, 2.45) is 0 Å². The summed E-state index contributed by atoms with van der Waals surface area (Å²) in [6.45, 7) is 4.82. The van der Waals surface area contributed by atoms with Crippen molar-refractivity contribution >= 4 is 0 Å². The molecule has 0 unspecified atom stereocenters. The maximum absolute atomic E-state index is 5.24. The van der Waals surface area contributed by atoms with Crippen molar-refractivity contribution in [1.29, 1.82) is 0 Å². The monoisotopic (exact) mass is 276 g/mol. The van der Waals surface area contributed by atoms with Gasteiger partial charge < -0.3 is 4.52 Å². The Morgan fingerprint density at radius 1 is 1.45 bits per heavy atom. The molecule has 0 bridgehead atoms. The summed E-state index contributed by atoms with van der Waals surface area (Å²) in [6, 6.07) is 0.477. The van der Waals surface area contributed by atoms with Crippen LogP contribution >= 0.6 is 0 Å². The van der Waals surface area contributed by atoms with Gasteiger partial charge in [-0.1, -0.05) is 12.1 Å². The third-order valence-electron chi connectivity index (χ3n) is 3.68. The average Bonchev–Trinajstić information content (AvgIpc) is 3.15. The maximum atomic E-state index is 5.24. The zero-order chi connectivity index (χ0) is 13.8. The Hall–Kier alpha value is -1.76. The fourth-order valence-corrected chi connectivity index (χ4v) is 2.70. The zero-order valence-corrected chi connectivity index (χ0v) is 11.8. The van der Waals surface area contributed by atoms with Gasteiger partial charge in [0, 0.05) is 12.5 Å². The molecule has 0 N–H and O–H groups in total. The second-order valence-electron chi connectivity index (χ2n) is 5.24. The predicted molar refractivity (Wildman–Crippen MR) is 71.7 cm³/mol. The van der Waals surface area contributed by atoms with Crippen LogP contribution in [0.15, 0.2) is 17.2 Å². The van der Waals surface area contributed by atoms with Gasteiger partial charge in [0.25, 0.3) is 0 Å². The number of hydrogen-bond acceptors (Lipinski definition) is 6. The molecule has 1 fully saturated rings. The Balaban J connectivity index is 1.60. The molecule has 1 aliphatic heterocycles. The highest BCUT2D eigenvalue weighted by molar-refractivity contribution is 4.89. The quantitative estimate of drug-likeness (QED) is 0.791. The summed E-state index contributed by atoms with van der Waals surface area (Å²) in [6.07, 6.45) is 7.62. The number of aromatic nitrogens is 5. The number of hydrogen-bond donors (Lipinski definition) is 0. The maximum Gasteiger partial charge on any atom is 0.226 e. The van der Waals surface area contributed by atoms with E-state index in [1.807, 2.05) is 4.68 Å². The van der Waals surface area contributed by atoms with Crippen LogP contribution in [0, 0.1) is 0 Å². The van der Waals surface area contributed by atoms with Gasteiger partial charge in [-0.15, -0.1) is 0 Å². The third kappa shape index (κ3) is 3.04. The van der Waals surface area contributed by atoms with Gasteiger partial charge in [-0.3, -0.25) is 9.58 Å². The van der Waals surface area contributed by atoms with E-state index in [4.69, 9.17) is 4.52 Å². The minimum atomic E-state index is 0.477. The van der Waals surface area contributed by atoms with Gasteiger partial charge in [0.2, 0.25) is 5.89 Å². The highest BCUT2D eigenvalue weighted by Crippen LogP contribution is 2.20. The number of likely N-dealkylation sites (tertiary alicyclic amines) is 1. The van der Waals surface area contributed by atoms with Crippen molar-refractivity contribution in [2.75, 3.05) is 6.54 Å². The predicted octanol–water partition coefficient (Wildman–Crippen LogP) is 1.28. The molecule has 0 aliphatic carbocycles. The highest BCUT2D eigenvalue weighted by Gasteiger charge is 2.26. The Kier molecular flexibility index (Phi) is 4.05. The minimum Gasteiger partial charge on any atom is -0.339 e. The summed E-state index contributed by atoms with van der Waals surface area (Å²) in [5.74, 6) is 1.54. The first-order valence-electron chi connectivity index (χ1n) is 7.23. The minimum absolute atomic E-state index is 0.477. The van der Waals surface area contributed by atoms with E-state index in [0.717, 1.165) is 44.2 Å². The lowest BCUT2D eigenvalue weighted by Gasteiger charge is -2.22. The van der Waals surface area contributed by atoms with E-state index in [-0.39, 0.29) is 0 Å². The molecule has 0 radical (unpaired) electrons. The van der Waals surface area contributed by atoms with Crippen LogP contribution in [0.3, 0.4) is 0 Å². The summed E-state index contributed by atoms with van der Waals surface area (Å²) in [5, 5.41) is 8.25. The van der Waals surface area contributed by atoms with Gasteiger partial charge in [-0.2, -0.15) is 10.1 Å². The van der Waals surface area contributed by atoms with Crippen LogP contribution in [-0.4, -0.2) is 42.4 Å². The average molecular weight is 276 g/mol. The lowest BCUT2D eigenvalue weighted by atomic mass is 10.2. The van der Waals surface area contributed by atoms with Crippen LogP contribution in [0.25, 0.3) is 0 Å². The van der Waals surface area contributed by atoms with Crippen molar-refractivity contribution < 1.29 is 4.52 Å². The standard InChI is InChI=1S/C13H20N6O/c1-2-4-13-16-12(17-20-13)8-18-6-3-5-11(18)7-19-10-14-9-15-19/h9-11H,2-8H2,1H3/t11-/m0/s1. The van der Waals surface area contributed by atoms with E-state index in [9.17, 15) is 0 Å². The molecule has 0 spiro atoms. The summed E-state index contributed by atoms with van der Waals surface area (Å²) in [4.78, 5) is 10.8. The summed E-state index contributed by atoms with van der Waals surface area (Å²) in [7, 11) is 0. The molecule has 3 heterocycles. The van der Waals surface area contributed by atoms with Crippen LogP contribution < -0.4 is 0 Å². The first-order valence-corrected chi connectivity index (χ1v) is 7.23. The molecular weight excluding hydrogens is 256 g/mol. The molecule has 2 aromatic rings. The highest BCUT2D eigenvalue weighted by atomic mass is 16.5. The molecule has 0 aromatic carbocycles. The number of nitrogens with zero attached hydrogens (tertiary/aromatic N) is 6. The molecule has 108 valence electrons. The number of rotatable bonds is 6. The molecule has 20 heavy (non-hydrogen) atoms. The van der Waals surface area contributed by atoms with Crippen LogP contribution in [0.1, 0.15) is 37.9 Å². The van der Waals surface area contributed by atoms with Crippen molar-refractivity contribution in [3.05, 3.63) is 24.4 Å². The van der Waals surface area contributed by atoms with Crippen molar-refractivity contribution in [1.82, 2.24) is 29.8 Å². The van der Waals surface area contributed by atoms with Gasteiger partial charge in [0.15, 0.2) is 5.82 Å². The van der Waals surface area contributed by atoms with Crippen molar-refractivity contribution in [3.63, 3.8) is 0 Å². The SMILES string of the molecule is CCCc1nc(CN2CCC[C@H]2Cn2cncn2)no1. The van der Waals surface area contributed by atoms with E-state index in [0.29, 0.717) is 6.04 Å². The second-order valence-corrected chi connectivity index (χ2v) is 5.24. The molecule has 0 saturated carbocycles. The largest absolute Gasteiger partial charge is 0.339 e. The fourth-order valence-electron chi connectivity index (χ4n) is 2.70.